The molecule has 0 aromatic heterocycles. The van der Waals surface area contributed by atoms with Gasteiger partial charge in [-0.1, -0.05) is 18.2 Å². The molecule has 0 saturated carbocycles. The summed E-state index contributed by atoms with van der Waals surface area (Å²) in [6, 6.07) is 8.66. The molecule has 100 valence electrons. The van der Waals surface area contributed by atoms with Crippen LogP contribution < -0.4 is 4.74 Å². The molecule has 2 saturated heterocycles. The van der Waals surface area contributed by atoms with Crippen LogP contribution in [-0.4, -0.2) is 34.2 Å². The maximum absolute atomic E-state index is 12.2. The number of amides is 1. The Bertz CT molecular complexity index is 501. The molecule has 2 heterocycles. The number of carboxylic acids is 1. The second kappa shape index (κ2) is 4.57. The molecule has 2 fully saturated rings. The van der Waals surface area contributed by atoms with Gasteiger partial charge in [-0.3, -0.25) is 4.79 Å². The number of hydrogen-bond donors (Lipinski definition) is 1. The molecular weight excluding hydrogens is 246 g/mol. The van der Waals surface area contributed by atoms with Gasteiger partial charge in [-0.2, -0.15) is 0 Å². The van der Waals surface area contributed by atoms with Gasteiger partial charge in [0.1, 0.15) is 5.75 Å². The van der Waals surface area contributed by atoms with Gasteiger partial charge in [0.25, 0.3) is 0 Å². The van der Waals surface area contributed by atoms with Crippen LogP contribution in [0.4, 0.5) is 4.79 Å². The van der Waals surface area contributed by atoms with E-state index in [0.717, 1.165) is 12.8 Å². The van der Waals surface area contributed by atoms with Crippen molar-refractivity contribution in [2.45, 2.75) is 31.3 Å². The third kappa shape index (κ3) is 2.05. The van der Waals surface area contributed by atoms with E-state index < -0.39 is 18.0 Å². The van der Waals surface area contributed by atoms with E-state index in [1.165, 1.54) is 0 Å². The fourth-order valence-electron chi connectivity index (χ4n) is 3.18. The summed E-state index contributed by atoms with van der Waals surface area (Å²) in [4.78, 5) is 24.9. The van der Waals surface area contributed by atoms with Crippen molar-refractivity contribution in [1.82, 2.24) is 4.90 Å². The van der Waals surface area contributed by atoms with Gasteiger partial charge in [0.05, 0.1) is 5.92 Å². The summed E-state index contributed by atoms with van der Waals surface area (Å²) < 4.78 is 5.30. The van der Waals surface area contributed by atoms with E-state index in [0.29, 0.717) is 12.2 Å². The third-order valence-electron chi connectivity index (χ3n) is 4.01. The molecule has 0 spiro atoms. The topological polar surface area (TPSA) is 66.8 Å². The number of benzene rings is 1. The minimum Gasteiger partial charge on any atom is -0.481 e. The van der Waals surface area contributed by atoms with Gasteiger partial charge < -0.3 is 14.7 Å². The van der Waals surface area contributed by atoms with Crippen LogP contribution in [0.3, 0.4) is 0 Å². The zero-order chi connectivity index (χ0) is 13.4. The first-order valence-corrected chi connectivity index (χ1v) is 6.45. The average molecular weight is 261 g/mol. The van der Waals surface area contributed by atoms with E-state index in [4.69, 9.17) is 9.84 Å². The van der Waals surface area contributed by atoms with Crippen LogP contribution in [0.2, 0.25) is 0 Å². The molecule has 3 unspecified atom stereocenters. The van der Waals surface area contributed by atoms with Crippen LogP contribution in [0.1, 0.15) is 19.3 Å². The first kappa shape index (κ1) is 12.0. The molecule has 19 heavy (non-hydrogen) atoms. The van der Waals surface area contributed by atoms with Gasteiger partial charge in [-0.15, -0.1) is 0 Å². The summed E-state index contributed by atoms with van der Waals surface area (Å²) in [7, 11) is 0. The van der Waals surface area contributed by atoms with E-state index >= 15 is 0 Å². The molecule has 2 aliphatic heterocycles. The standard InChI is InChI=1S/C14H15NO4/c16-13(17)11-8-9-6-7-12(11)15(9)14(18)19-10-4-2-1-3-5-10/h1-5,9,11-12H,6-8H2,(H,16,17). The van der Waals surface area contributed by atoms with E-state index in [9.17, 15) is 9.59 Å². The first-order valence-electron chi connectivity index (χ1n) is 6.45. The van der Waals surface area contributed by atoms with Crippen LogP contribution in [0, 0.1) is 5.92 Å². The lowest BCUT2D eigenvalue weighted by molar-refractivity contribution is -0.142. The normalized spacial score (nSPS) is 28.4. The number of hydrogen-bond acceptors (Lipinski definition) is 3. The SMILES string of the molecule is O=C(O)C1CC2CCC1N2C(=O)Oc1ccccc1. The number of rotatable bonds is 2. The minimum absolute atomic E-state index is 0.0160. The van der Waals surface area contributed by atoms with Gasteiger partial charge in [0.15, 0.2) is 0 Å². The third-order valence-corrected chi connectivity index (χ3v) is 4.01. The molecule has 5 heteroatoms. The Labute approximate surface area is 110 Å². The monoisotopic (exact) mass is 261 g/mol. The minimum atomic E-state index is -0.815. The van der Waals surface area contributed by atoms with Crippen molar-refractivity contribution in [2.75, 3.05) is 0 Å². The Hall–Kier alpha value is -2.04. The van der Waals surface area contributed by atoms with Crippen molar-refractivity contribution in [3.63, 3.8) is 0 Å². The first-order chi connectivity index (χ1) is 9.16. The molecule has 2 aliphatic rings. The Morgan fingerprint density at radius 1 is 1.21 bits per heavy atom. The number of aliphatic carboxylic acids is 1. The van der Waals surface area contributed by atoms with Crippen molar-refractivity contribution in [3.8, 4) is 5.75 Å². The summed E-state index contributed by atoms with van der Waals surface area (Å²) in [5.41, 5.74) is 0. The zero-order valence-electron chi connectivity index (χ0n) is 10.4. The second-order valence-corrected chi connectivity index (χ2v) is 5.07. The van der Waals surface area contributed by atoms with E-state index in [2.05, 4.69) is 0 Å². The predicted octanol–water partition coefficient (Wildman–Crippen LogP) is 2.12. The van der Waals surface area contributed by atoms with Crippen LogP contribution in [0.25, 0.3) is 0 Å². The summed E-state index contributed by atoms with van der Waals surface area (Å²) in [6.45, 7) is 0. The van der Waals surface area contributed by atoms with Crippen LogP contribution in [0.5, 0.6) is 5.75 Å². The molecular formula is C14H15NO4. The van der Waals surface area contributed by atoms with Crippen LogP contribution in [0.15, 0.2) is 30.3 Å². The highest BCUT2D eigenvalue weighted by Crippen LogP contribution is 2.42. The van der Waals surface area contributed by atoms with Crippen molar-refractivity contribution >= 4 is 12.1 Å². The number of carbonyl (C=O) groups excluding carboxylic acids is 1. The Morgan fingerprint density at radius 2 is 1.95 bits per heavy atom. The summed E-state index contributed by atoms with van der Waals surface area (Å²) in [6.07, 6.45) is 1.75. The average Bonchev–Trinajstić information content (AvgIpc) is 2.97. The molecule has 1 aromatic carbocycles. The number of fused-ring (bicyclic) bond motifs is 2. The predicted molar refractivity (Wildman–Crippen MR) is 66.9 cm³/mol. The molecule has 1 amide bonds. The molecule has 1 N–H and O–H groups in total. The van der Waals surface area contributed by atoms with Crippen LogP contribution in [-0.2, 0) is 4.79 Å². The molecule has 1 aromatic rings. The quantitative estimate of drug-likeness (QED) is 0.885. The number of para-hydroxylation sites is 1. The second-order valence-electron chi connectivity index (χ2n) is 5.07. The van der Waals surface area contributed by atoms with Gasteiger partial charge in [-0.05, 0) is 31.4 Å². The van der Waals surface area contributed by atoms with Crippen molar-refractivity contribution in [3.05, 3.63) is 30.3 Å². The van der Waals surface area contributed by atoms with E-state index in [1.54, 1.807) is 29.2 Å². The van der Waals surface area contributed by atoms with Crippen molar-refractivity contribution in [1.29, 1.82) is 0 Å². The van der Waals surface area contributed by atoms with E-state index in [1.807, 2.05) is 6.07 Å². The molecule has 0 aliphatic carbocycles. The molecule has 5 nitrogen and oxygen atoms in total. The number of carbonyl (C=O) groups is 2. The summed E-state index contributed by atoms with van der Waals surface area (Å²) >= 11 is 0. The molecule has 3 atom stereocenters. The van der Waals surface area contributed by atoms with Gasteiger partial charge in [0, 0.05) is 12.1 Å². The summed E-state index contributed by atoms with van der Waals surface area (Å²) in [5.74, 6) is -0.766. The van der Waals surface area contributed by atoms with E-state index in [-0.39, 0.29) is 12.1 Å². The van der Waals surface area contributed by atoms with Crippen LogP contribution >= 0.6 is 0 Å². The van der Waals surface area contributed by atoms with Gasteiger partial charge in [-0.25, -0.2) is 4.79 Å². The lowest BCUT2D eigenvalue weighted by atomic mass is 9.89. The molecule has 0 radical (unpaired) electrons. The largest absolute Gasteiger partial charge is 0.481 e. The fourth-order valence-corrected chi connectivity index (χ4v) is 3.18. The maximum atomic E-state index is 12.2. The summed E-state index contributed by atoms with van der Waals surface area (Å²) in [5, 5.41) is 9.15. The maximum Gasteiger partial charge on any atom is 0.415 e. The number of ether oxygens (including phenoxy) is 1. The molecule has 3 rings (SSSR count). The Kier molecular flexibility index (Phi) is 2.89. The van der Waals surface area contributed by atoms with Crippen molar-refractivity contribution in [2.24, 2.45) is 5.92 Å². The van der Waals surface area contributed by atoms with Gasteiger partial charge in [0.2, 0.25) is 0 Å². The number of nitrogens with zero attached hydrogens (tertiary/aromatic N) is 1. The Balaban J connectivity index is 1.73. The lowest BCUT2D eigenvalue weighted by Gasteiger charge is -2.22. The Morgan fingerprint density at radius 3 is 2.58 bits per heavy atom. The lowest BCUT2D eigenvalue weighted by Crippen LogP contribution is -2.39. The molecule has 2 bridgehead atoms. The van der Waals surface area contributed by atoms with Gasteiger partial charge >= 0.3 is 12.1 Å². The fraction of sp³-hybridized carbons (Fsp3) is 0.429. The number of carboxylic acid groups (broad SMARTS) is 1. The highest BCUT2D eigenvalue weighted by molar-refractivity contribution is 5.77. The smallest absolute Gasteiger partial charge is 0.415 e. The zero-order valence-corrected chi connectivity index (χ0v) is 10.4. The highest BCUT2D eigenvalue weighted by atomic mass is 16.6. The highest BCUT2D eigenvalue weighted by Gasteiger charge is 2.52. The van der Waals surface area contributed by atoms with Crippen molar-refractivity contribution < 1.29 is 19.4 Å².